The van der Waals surface area contributed by atoms with E-state index in [-0.39, 0.29) is 23.6 Å². The Kier molecular flexibility index (Phi) is 7.51. The van der Waals surface area contributed by atoms with Gasteiger partial charge in [0.2, 0.25) is 0 Å². The molecule has 0 unspecified atom stereocenters. The van der Waals surface area contributed by atoms with E-state index in [4.69, 9.17) is 9.47 Å². The molecule has 268 valence electrons. The minimum absolute atomic E-state index is 0.316. The Morgan fingerprint density at radius 2 is 0.764 bits per heavy atom. The Morgan fingerprint density at radius 3 is 1.13 bits per heavy atom. The number of benzene rings is 6. The van der Waals surface area contributed by atoms with Gasteiger partial charge < -0.3 is 19.3 Å². The molecule has 0 aromatic heterocycles. The van der Waals surface area contributed by atoms with Crippen LogP contribution in [0.3, 0.4) is 0 Å². The van der Waals surface area contributed by atoms with Crippen molar-refractivity contribution in [1.29, 1.82) is 0 Å². The van der Waals surface area contributed by atoms with Crippen LogP contribution < -0.4 is 29.1 Å². The van der Waals surface area contributed by atoms with Crippen molar-refractivity contribution in [2.75, 3.05) is 33.1 Å². The maximum Gasteiger partial charge on any atom is 0.266 e. The van der Waals surface area contributed by atoms with Crippen LogP contribution in [0.2, 0.25) is 0 Å². The van der Waals surface area contributed by atoms with Crippen LogP contribution in [0.4, 0.5) is 22.7 Å². The molecule has 10 rings (SSSR count). The molecule has 0 aliphatic carbocycles. The number of carbonyl (C=O) groups is 4. The number of rotatable bonds is 6. The van der Waals surface area contributed by atoms with Crippen LogP contribution in [0.25, 0.3) is 0 Å². The molecule has 0 saturated heterocycles. The lowest BCUT2D eigenvalue weighted by Gasteiger charge is -2.31. The normalized spacial score (nSPS) is 15.7. The maximum atomic E-state index is 13.1. The van der Waals surface area contributed by atoms with E-state index < -0.39 is 0 Å². The molecule has 4 aliphatic rings. The van der Waals surface area contributed by atoms with E-state index in [9.17, 15) is 19.2 Å². The van der Waals surface area contributed by atoms with Crippen molar-refractivity contribution in [3.05, 3.63) is 178 Å². The fourth-order valence-corrected chi connectivity index (χ4v) is 7.80. The molecule has 6 aromatic rings. The van der Waals surface area contributed by atoms with E-state index in [1.165, 1.54) is 20.9 Å². The van der Waals surface area contributed by atoms with Crippen molar-refractivity contribution in [1.82, 2.24) is 0 Å². The third kappa shape index (κ3) is 5.49. The summed E-state index contributed by atoms with van der Waals surface area (Å²) in [6, 6.07) is 41.5. The summed E-state index contributed by atoms with van der Waals surface area (Å²) in [4.78, 5) is 59.1. The average Bonchev–Trinajstić information content (AvgIpc) is 3.64. The maximum absolute atomic E-state index is 13.1. The molecule has 6 aromatic carbocycles. The van der Waals surface area contributed by atoms with Gasteiger partial charge in [-0.05, 0) is 102 Å². The summed E-state index contributed by atoms with van der Waals surface area (Å²) in [5.74, 6) is 0.213. The summed E-state index contributed by atoms with van der Waals surface area (Å²) in [7, 11) is 0. The molecule has 0 bridgehead atoms. The van der Waals surface area contributed by atoms with Crippen LogP contribution >= 0.6 is 0 Å². The third-order valence-corrected chi connectivity index (χ3v) is 10.7. The zero-order chi connectivity index (χ0) is 37.2. The van der Waals surface area contributed by atoms with Gasteiger partial charge in [-0.1, -0.05) is 48.5 Å². The van der Waals surface area contributed by atoms with E-state index >= 15 is 0 Å². The molecule has 0 N–H and O–H groups in total. The second kappa shape index (κ2) is 12.7. The summed E-state index contributed by atoms with van der Waals surface area (Å²) in [5.41, 5.74) is 8.87. The molecule has 4 amide bonds. The Morgan fingerprint density at radius 1 is 0.418 bits per heavy atom. The van der Waals surface area contributed by atoms with Gasteiger partial charge in [0.15, 0.2) is 13.5 Å². The predicted molar refractivity (Wildman–Crippen MR) is 207 cm³/mol. The van der Waals surface area contributed by atoms with E-state index in [1.807, 2.05) is 24.3 Å². The molecule has 0 spiro atoms. The van der Waals surface area contributed by atoms with E-state index in [0.29, 0.717) is 60.2 Å². The Labute approximate surface area is 316 Å². The van der Waals surface area contributed by atoms with E-state index in [2.05, 4.69) is 58.3 Å². The van der Waals surface area contributed by atoms with Gasteiger partial charge in [-0.25, -0.2) is 9.80 Å². The van der Waals surface area contributed by atoms with E-state index in [0.717, 1.165) is 40.4 Å². The summed E-state index contributed by atoms with van der Waals surface area (Å²) in [6.07, 6.45) is 0.756. The largest absolute Gasteiger partial charge is 0.473 e. The van der Waals surface area contributed by atoms with Crippen molar-refractivity contribution in [3.63, 3.8) is 0 Å². The monoisotopic (exact) mass is 724 g/mol. The molecule has 10 nitrogen and oxygen atoms in total. The van der Waals surface area contributed by atoms with Crippen molar-refractivity contribution in [2.24, 2.45) is 0 Å². The first kappa shape index (κ1) is 32.5. The first-order valence-electron chi connectivity index (χ1n) is 18.0. The molecular formula is C45H32N4O6. The molecule has 0 fully saturated rings. The van der Waals surface area contributed by atoms with Crippen molar-refractivity contribution >= 4 is 46.4 Å². The van der Waals surface area contributed by atoms with Gasteiger partial charge in [-0.3, -0.25) is 19.2 Å². The fourth-order valence-electron chi connectivity index (χ4n) is 7.80. The molecule has 0 saturated carbocycles. The van der Waals surface area contributed by atoms with Crippen LogP contribution in [0, 0.1) is 0 Å². The van der Waals surface area contributed by atoms with Crippen molar-refractivity contribution in [3.8, 4) is 11.5 Å². The standard InChI is InChI=1S/C45H32N4O6/c50-42-36-5-1-2-6-37(36)43(51)48(42)34-17-19-40-30(22-34)24-46(26-54-40)32-13-9-28(10-14-32)21-29-11-15-33(16-12-29)47-25-31-23-35(18-20-41(31)55-27-47)49-44(52)38-7-3-4-8-39(38)45(49)53/h1-20,22-23H,21,24-27H2. The minimum atomic E-state index is -0.316. The molecular weight excluding hydrogens is 693 g/mol. The highest BCUT2D eigenvalue weighted by Gasteiger charge is 2.38. The number of fused-ring (bicyclic) bond motifs is 4. The molecule has 0 radical (unpaired) electrons. The number of hydrogen-bond acceptors (Lipinski definition) is 8. The number of amides is 4. The van der Waals surface area contributed by atoms with Crippen molar-refractivity contribution < 1.29 is 28.7 Å². The van der Waals surface area contributed by atoms with Gasteiger partial charge in [0.05, 0.1) is 33.6 Å². The van der Waals surface area contributed by atoms with Gasteiger partial charge in [0.25, 0.3) is 23.6 Å². The first-order chi connectivity index (χ1) is 26.9. The highest BCUT2D eigenvalue weighted by Crippen LogP contribution is 2.37. The summed E-state index contributed by atoms with van der Waals surface area (Å²) in [5, 5.41) is 0. The molecule has 4 aliphatic heterocycles. The van der Waals surface area contributed by atoms with Gasteiger partial charge >= 0.3 is 0 Å². The Bertz CT molecular complexity index is 2340. The SMILES string of the molecule is O=C1c2ccccc2C(=O)N1c1ccc2c(c1)CN(c1ccc(Cc3ccc(N4COc5ccc(N6C(=O)c7ccccc7C6=O)cc5C4)cc3)cc1)CO2. The summed E-state index contributed by atoms with van der Waals surface area (Å²) in [6.45, 7) is 1.91. The number of hydrogen-bond donors (Lipinski definition) is 0. The smallest absolute Gasteiger partial charge is 0.266 e. The summed E-state index contributed by atoms with van der Waals surface area (Å²) < 4.78 is 12.2. The van der Waals surface area contributed by atoms with Gasteiger partial charge in [-0.15, -0.1) is 0 Å². The minimum Gasteiger partial charge on any atom is -0.473 e. The van der Waals surface area contributed by atoms with Crippen LogP contribution in [-0.2, 0) is 19.5 Å². The van der Waals surface area contributed by atoms with Gasteiger partial charge in [0.1, 0.15) is 11.5 Å². The highest BCUT2D eigenvalue weighted by atomic mass is 16.5. The highest BCUT2D eigenvalue weighted by molar-refractivity contribution is 6.35. The zero-order valence-corrected chi connectivity index (χ0v) is 29.5. The van der Waals surface area contributed by atoms with Crippen LogP contribution in [0.15, 0.2) is 133 Å². The van der Waals surface area contributed by atoms with Crippen molar-refractivity contribution in [2.45, 2.75) is 19.5 Å². The topological polar surface area (TPSA) is 99.7 Å². The zero-order valence-electron chi connectivity index (χ0n) is 29.5. The number of imide groups is 2. The number of carbonyl (C=O) groups excluding carboxylic acids is 4. The van der Waals surface area contributed by atoms with Crippen LogP contribution in [-0.4, -0.2) is 37.1 Å². The van der Waals surface area contributed by atoms with Gasteiger partial charge in [-0.2, -0.15) is 0 Å². The molecule has 55 heavy (non-hydrogen) atoms. The quantitative estimate of drug-likeness (QED) is 0.162. The third-order valence-electron chi connectivity index (χ3n) is 10.7. The molecule has 0 atom stereocenters. The Balaban J connectivity index is 0.788. The lowest BCUT2D eigenvalue weighted by molar-refractivity contribution is 0.0910. The predicted octanol–water partition coefficient (Wildman–Crippen LogP) is 7.59. The average molecular weight is 725 g/mol. The second-order valence-electron chi connectivity index (χ2n) is 14.0. The number of anilines is 4. The molecule has 4 heterocycles. The lowest BCUT2D eigenvalue weighted by atomic mass is 10.0. The number of ether oxygens (including phenoxy) is 2. The van der Waals surface area contributed by atoms with E-state index in [1.54, 1.807) is 60.7 Å². The summed E-state index contributed by atoms with van der Waals surface area (Å²) >= 11 is 0. The van der Waals surface area contributed by atoms with Crippen LogP contribution in [0.5, 0.6) is 11.5 Å². The Hall–Kier alpha value is -7.20. The fraction of sp³-hybridized carbons (Fsp3) is 0.111. The molecule has 10 heteroatoms. The van der Waals surface area contributed by atoms with Crippen LogP contribution in [0.1, 0.15) is 63.7 Å². The second-order valence-corrected chi connectivity index (χ2v) is 14.0. The lowest BCUT2D eigenvalue weighted by Crippen LogP contribution is -2.33. The number of nitrogens with zero attached hydrogens (tertiary/aromatic N) is 4. The first-order valence-corrected chi connectivity index (χ1v) is 18.0. The van der Waals surface area contributed by atoms with Gasteiger partial charge in [0, 0.05) is 35.6 Å².